The Labute approximate surface area is 128 Å². The Morgan fingerprint density at radius 1 is 0.952 bits per heavy atom. The van der Waals surface area contributed by atoms with Gasteiger partial charge in [-0.15, -0.1) is 0 Å². The molecule has 0 heterocycles. The molecule has 112 valence electrons. The van der Waals surface area contributed by atoms with Gasteiger partial charge < -0.3 is 5.32 Å². The van der Waals surface area contributed by atoms with Crippen LogP contribution in [-0.2, 0) is 0 Å². The molecular weight excluding hydrogens is 254 g/mol. The van der Waals surface area contributed by atoms with Gasteiger partial charge in [0.05, 0.1) is 0 Å². The lowest BCUT2D eigenvalue weighted by atomic mass is 9.99. The van der Waals surface area contributed by atoms with Gasteiger partial charge in [-0.25, -0.2) is 0 Å². The number of nitrogens with one attached hydrogen (secondary N) is 1. The number of hydrogen-bond donors (Lipinski definition) is 1. The molecule has 0 aliphatic heterocycles. The van der Waals surface area contributed by atoms with Crippen molar-refractivity contribution in [2.24, 2.45) is 16.7 Å². The molecule has 2 aromatic carbocycles. The van der Waals surface area contributed by atoms with Crippen molar-refractivity contribution >= 4 is 10.8 Å². The Bertz CT molecular complexity index is 634. The van der Waals surface area contributed by atoms with Crippen molar-refractivity contribution in [1.29, 1.82) is 0 Å². The standard InChI is InChI=1S/C20H27N/c1-14(21-13-18-19(2,3)20(18,4)5)16-12-8-10-15-9-6-7-11-17(15)16/h6-12,14,18,21H,13H2,1-5H3. The molecule has 0 amide bonds. The van der Waals surface area contributed by atoms with Crippen molar-refractivity contribution in [3.05, 3.63) is 48.0 Å². The van der Waals surface area contributed by atoms with Gasteiger partial charge in [-0.05, 0) is 46.6 Å². The van der Waals surface area contributed by atoms with Crippen LogP contribution in [0.1, 0.15) is 46.2 Å². The topological polar surface area (TPSA) is 12.0 Å². The molecule has 0 spiro atoms. The molecule has 1 nitrogen and oxygen atoms in total. The highest BCUT2D eigenvalue weighted by molar-refractivity contribution is 5.86. The van der Waals surface area contributed by atoms with Crippen LogP contribution in [0.15, 0.2) is 42.5 Å². The summed E-state index contributed by atoms with van der Waals surface area (Å²) in [5.41, 5.74) is 2.32. The molecule has 0 saturated heterocycles. The summed E-state index contributed by atoms with van der Waals surface area (Å²) in [6.07, 6.45) is 0. The van der Waals surface area contributed by atoms with Crippen molar-refractivity contribution in [3.8, 4) is 0 Å². The van der Waals surface area contributed by atoms with E-state index in [-0.39, 0.29) is 0 Å². The van der Waals surface area contributed by atoms with Crippen LogP contribution >= 0.6 is 0 Å². The normalized spacial score (nSPS) is 21.4. The molecule has 0 radical (unpaired) electrons. The summed E-state index contributed by atoms with van der Waals surface area (Å²) in [5.74, 6) is 0.766. The molecule has 1 aliphatic carbocycles. The molecule has 1 aliphatic rings. The second-order valence-corrected chi connectivity index (χ2v) is 7.69. The summed E-state index contributed by atoms with van der Waals surface area (Å²) in [5, 5.41) is 6.46. The Balaban J connectivity index is 1.75. The molecule has 1 atom stereocenters. The van der Waals surface area contributed by atoms with Gasteiger partial charge in [-0.3, -0.25) is 0 Å². The summed E-state index contributed by atoms with van der Waals surface area (Å²) in [6.45, 7) is 12.9. The number of hydrogen-bond acceptors (Lipinski definition) is 1. The molecule has 1 N–H and O–H groups in total. The van der Waals surface area contributed by atoms with Crippen molar-refractivity contribution in [1.82, 2.24) is 5.32 Å². The zero-order chi connectivity index (χ0) is 15.3. The maximum Gasteiger partial charge on any atom is 0.0298 e. The summed E-state index contributed by atoms with van der Waals surface area (Å²) in [4.78, 5) is 0. The SMILES string of the molecule is CC(NCC1C(C)(C)C1(C)C)c1cccc2ccccc12. The van der Waals surface area contributed by atoms with Crippen molar-refractivity contribution in [2.75, 3.05) is 6.54 Å². The first-order valence-electron chi connectivity index (χ1n) is 8.07. The van der Waals surface area contributed by atoms with Crippen LogP contribution < -0.4 is 5.32 Å². The minimum Gasteiger partial charge on any atom is -0.310 e. The van der Waals surface area contributed by atoms with Crippen molar-refractivity contribution in [2.45, 2.75) is 40.7 Å². The van der Waals surface area contributed by atoms with Gasteiger partial charge in [0.25, 0.3) is 0 Å². The smallest absolute Gasteiger partial charge is 0.0298 e. The second-order valence-electron chi connectivity index (χ2n) is 7.69. The van der Waals surface area contributed by atoms with Crippen molar-refractivity contribution in [3.63, 3.8) is 0 Å². The lowest BCUT2D eigenvalue weighted by Crippen LogP contribution is -2.23. The third-order valence-corrected chi connectivity index (χ3v) is 6.24. The minimum atomic E-state index is 0.392. The van der Waals surface area contributed by atoms with Gasteiger partial charge in [0.1, 0.15) is 0 Å². The summed E-state index contributed by atoms with van der Waals surface area (Å²) < 4.78 is 0. The average molecular weight is 281 g/mol. The van der Waals surface area contributed by atoms with E-state index < -0.39 is 0 Å². The lowest BCUT2D eigenvalue weighted by molar-refractivity contribution is 0.457. The van der Waals surface area contributed by atoms with E-state index in [4.69, 9.17) is 0 Å². The maximum absolute atomic E-state index is 3.76. The highest BCUT2D eigenvalue weighted by atomic mass is 14.9. The molecule has 2 aromatic rings. The largest absolute Gasteiger partial charge is 0.310 e. The van der Waals surface area contributed by atoms with Gasteiger partial charge in [-0.1, -0.05) is 70.2 Å². The summed E-state index contributed by atoms with van der Waals surface area (Å²) >= 11 is 0. The summed E-state index contributed by atoms with van der Waals surface area (Å²) in [7, 11) is 0. The Morgan fingerprint density at radius 2 is 1.57 bits per heavy atom. The fourth-order valence-corrected chi connectivity index (χ4v) is 3.88. The molecular formula is C20H27N. The van der Waals surface area contributed by atoms with Crippen LogP contribution in [-0.4, -0.2) is 6.54 Å². The first-order chi connectivity index (χ1) is 9.85. The first-order valence-corrected chi connectivity index (χ1v) is 8.07. The molecule has 3 rings (SSSR count). The predicted molar refractivity (Wildman–Crippen MR) is 91.4 cm³/mol. The Kier molecular flexibility index (Phi) is 3.37. The van der Waals surface area contributed by atoms with E-state index in [9.17, 15) is 0 Å². The molecule has 1 fully saturated rings. The third kappa shape index (κ3) is 2.28. The molecule has 1 saturated carbocycles. The number of rotatable bonds is 4. The van der Waals surface area contributed by atoms with E-state index in [1.807, 2.05) is 0 Å². The number of fused-ring (bicyclic) bond motifs is 1. The highest BCUT2D eigenvalue weighted by Crippen LogP contribution is 2.68. The zero-order valence-corrected chi connectivity index (χ0v) is 13.9. The van der Waals surface area contributed by atoms with E-state index in [2.05, 4.69) is 82.4 Å². The molecule has 21 heavy (non-hydrogen) atoms. The third-order valence-electron chi connectivity index (χ3n) is 6.24. The zero-order valence-electron chi connectivity index (χ0n) is 13.9. The van der Waals surface area contributed by atoms with Crippen LogP contribution in [0.5, 0.6) is 0 Å². The van der Waals surface area contributed by atoms with Gasteiger partial charge in [-0.2, -0.15) is 0 Å². The van der Waals surface area contributed by atoms with Crippen LogP contribution in [0.2, 0.25) is 0 Å². The van der Waals surface area contributed by atoms with E-state index in [1.165, 1.54) is 16.3 Å². The maximum atomic E-state index is 3.76. The predicted octanol–water partition coefficient (Wildman–Crippen LogP) is 5.17. The minimum absolute atomic E-state index is 0.392. The van der Waals surface area contributed by atoms with Gasteiger partial charge in [0.15, 0.2) is 0 Å². The van der Waals surface area contributed by atoms with E-state index in [0.717, 1.165) is 12.5 Å². The van der Waals surface area contributed by atoms with Gasteiger partial charge in [0, 0.05) is 6.04 Å². The number of benzene rings is 2. The van der Waals surface area contributed by atoms with Crippen LogP contribution in [0.25, 0.3) is 10.8 Å². The fraction of sp³-hybridized carbons (Fsp3) is 0.500. The Morgan fingerprint density at radius 3 is 2.24 bits per heavy atom. The van der Waals surface area contributed by atoms with E-state index in [1.54, 1.807) is 0 Å². The van der Waals surface area contributed by atoms with Crippen LogP contribution in [0, 0.1) is 16.7 Å². The summed E-state index contributed by atoms with van der Waals surface area (Å²) in [6, 6.07) is 15.7. The molecule has 0 bridgehead atoms. The van der Waals surface area contributed by atoms with Gasteiger partial charge in [0.2, 0.25) is 0 Å². The highest BCUT2D eigenvalue weighted by Gasteiger charge is 2.63. The second kappa shape index (κ2) is 4.84. The van der Waals surface area contributed by atoms with E-state index >= 15 is 0 Å². The van der Waals surface area contributed by atoms with Gasteiger partial charge >= 0.3 is 0 Å². The average Bonchev–Trinajstić information content (AvgIpc) is 2.85. The molecule has 0 aromatic heterocycles. The van der Waals surface area contributed by atoms with Crippen LogP contribution in [0.4, 0.5) is 0 Å². The molecule has 1 unspecified atom stereocenters. The van der Waals surface area contributed by atoms with Crippen molar-refractivity contribution < 1.29 is 0 Å². The fourth-order valence-electron chi connectivity index (χ4n) is 3.88. The molecule has 1 heteroatoms. The van der Waals surface area contributed by atoms with Crippen LogP contribution in [0.3, 0.4) is 0 Å². The van der Waals surface area contributed by atoms with E-state index in [0.29, 0.717) is 16.9 Å². The quantitative estimate of drug-likeness (QED) is 0.815. The monoisotopic (exact) mass is 281 g/mol. The lowest BCUT2D eigenvalue weighted by Gasteiger charge is -2.17. The Hall–Kier alpha value is -1.34. The first kappa shape index (κ1) is 14.6.